The van der Waals surface area contributed by atoms with Crippen LogP contribution in [0.2, 0.25) is 0 Å². The molecule has 0 aliphatic rings. The Bertz CT molecular complexity index is 930. The van der Waals surface area contributed by atoms with Gasteiger partial charge in [-0.05, 0) is 74.1 Å². The fraction of sp³-hybridized carbons (Fsp3) is 0.692. The number of aryl methyl sites for hydroxylation is 1. The molecule has 2 rings (SSSR count). The molecule has 4 nitrogen and oxygen atoms in total. The zero-order valence-electron chi connectivity index (χ0n) is 28.6. The van der Waals surface area contributed by atoms with Gasteiger partial charge in [0.25, 0.3) is 0 Å². The van der Waals surface area contributed by atoms with Gasteiger partial charge in [0, 0.05) is 0 Å². The molecule has 0 spiro atoms. The highest BCUT2D eigenvalue weighted by Gasteiger charge is 2.05. The summed E-state index contributed by atoms with van der Waals surface area (Å²) in [6.45, 7) is 4.37. The minimum Gasteiger partial charge on any atom is -0.494 e. The Kier molecular flexibility index (Phi) is 20.8. The number of ether oxygens (including phenoxy) is 1. The molecule has 0 aromatic heterocycles. The lowest BCUT2D eigenvalue weighted by atomic mass is 10.0. The van der Waals surface area contributed by atoms with E-state index in [1.807, 2.05) is 24.3 Å². The van der Waals surface area contributed by atoms with Crippen LogP contribution in [0.25, 0.3) is 0 Å². The van der Waals surface area contributed by atoms with Crippen LogP contribution in [0.5, 0.6) is 5.75 Å². The van der Waals surface area contributed by atoms with Gasteiger partial charge in [-0.1, -0.05) is 122 Å². The number of benzene rings is 2. The fourth-order valence-corrected chi connectivity index (χ4v) is 5.56. The van der Waals surface area contributed by atoms with Crippen LogP contribution in [-0.4, -0.2) is 38.8 Å². The average Bonchev–Trinajstić information content (AvgIpc) is 3.00. The Morgan fingerprint density at radius 3 is 1.40 bits per heavy atom. The van der Waals surface area contributed by atoms with Crippen molar-refractivity contribution in [3.8, 4) is 5.75 Å². The van der Waals surface area contributed by atoms with Crippen LogP contribution in [-0.2, 0) is 6.42 Å². The number of nitrogens with zero attached hydrogens (tertiary/aromatic N) is 3. The fourth-order valence-electron chi connectivity index (χ4n) is 5.56. The molecule has 4 heteroatoms. The lowest BCUT2D eigenvalue weighted by molar-refractivity contribution is -0.870. The Hall–Kier alpha value is -2.20. The second kappa shape index (κ2) is 24.2. The number of hydrogen-bond acceptors (Lipinski definition) is 3. The monoisotopic (exact) mass is 593 g/mol. The molecular weight excluding hydrogens is 526 g/mol. The van der Waals surface area contributed by atoms with E-state index in [-0.39, 0.29) is 0 Å². The minimum absolute atomic E-state index is 0.790. The second-order valence-electron chi connectivity index (χ2n) is 13.7. The first-order valence-corrected chi connectivity index (χ1v) is 18.0. The molecule has 2 aromatic carbocycles. The lowest BCUT2D eigenvalue weighted by Gasteiger charge is -2.23. The summed E-state index contributed by atoms with van der Waals surface area (Å²) in [5.74, 6) is 0.917. The highest BCUT2D eigenvalue weighted by molar-refractivity contribution is 5.43. The third-order valence-electron chi connectivity index (χ3n) is 8.37. The molecule has 242 valence electrons. The van der Waals surface area contributed by atoms with Crippen molar-refractivity contribution in [1.82, 2.24) is 0 Å². The summed E-state index contributed by atoms with van der Waals surface area (Å²) in [4.78, 5) is 0. The van der Waals surface area contributed by atoms with Crippen molar-refractivity contribution in [1.29, 1.82) is 0 Å². The first-order chi connectivity index (χ1) is 21.0. The Morgan fingerprint density at radius 2 is 0.907 bits per heavy atom. The molecule has 0 fully saturated rings. The predicted molar refractivity (Wildman–Crippen MR) is 187 cm³/mol. The van der Waals surface area contributed by atoms with E-state index in [0.29, 0.717) is 0 Å². The highest BCUT2D eigenvalue weighted by atomic mass is 16.5. The standard InChI is InChI=1S/C39H66N3O/c1-5-6-7-8-9-10-13-16-19-22-25-36-26-28-37(29-27-36)40-41-38-30-32-39(33-31-38)43-35-24-21-18-15-12-11-14-17-20-23-34-42(2,3)4/h26-33H,5-25,34-35H2,1-4H3/q+1. The maximum absolute atomic E-state index is 5.95. The highest BCUT2D eigenvalue weighted by Crippen LogP contribution is 2.22. The van der Waals surface area contributed by atoms with E-state index < -0.39 is 0 Å². The number of rotatable bonds is 27. The summed E-state index contributed by atoms with van der Waals surface area (Å²) < 4.78 is 7.04. The Balaban J connectivity index is 1.47. The van der Waals surface area contributed by atoms with Gasteiger partial charge in [0.2, 0.25) is 0 Å². The van der Waals surface area contributed by atoms with Gasteiger partial charge in [-0.2, -0.15) is 10.2 Å². The molecule has 0 bridgehead atoms. The van der Waals surface area contributed by atoms with Gasteiger partial charge in [-0.15, -0.1) is 0 Å². The number of hydrogen-bond donors (Lipinski definition) is 0. The topological polar surface area (TPSA) is 34.0 Å². The molecule has 0 N–H and O–H groups in total. The van der Waals surface area contributed by atoms with E-state index in [1.165, 1.54) is 134 Å². The van der Waals surface area contributed by atoms with E-state index in [2.05, 4.69) is 62.6 Å². The summed E-state index contributed by atoms with van der Waals surface area (Å²) in [5.41, 5.74) is 3.16. The molecule has 0 unspecified atom stereocenters. The molecule has 0 saturated heterocycles. The van der Waals surface area contributed by atoms with Crippen LogP contribution in [0.4, 0.5) is 11.4 Å². The van der Waals surface area contributed by atoms with Crippen molar-refractivity contribution in [2.24, 2.45) is 10.2 Å². The summed E-state index contributed by atoms with van der Waals surface area (Å²) in [6.07, 6.45) is 28.4. The molecule has 0 atom stereocenters. The van der Waals surface area contributed by atoms with Crippen molar-refractivity contribution in [3.05, 3.63) is 54.1 Å². The van der Waals surface area contributed by atoms with Gasteiger partial charge in [-0.3, -0.25) is 0 Å². The van der Waals surface area contributed by atoms with Gasteiger partial charge < -0.3 is 9.22 Å². The first-order valence-electron chi connectivity index (χ1n) is 18.0. The Labute approximate surface area is 266 Å². The summed E-state index contributed by atoms with van der Waals surface area (Å²) in [5, 5.41) is 8.85. The number of unbranched alkanes of at least 4 members (excludes halogenated alkanes) is 18. The third-order valence-corrected chi connectivity index (χ3v) is 8.37. The number of quaternary nitrogens is 1. The summed E-state index contributed by atoms with van der Waals surface area (Å²) in [7, 11) is 6.86. The molecule has 43 heavy (non-hydrogen) atoms. The normalized spacial score (nSPS) is 11.9. The second-order valence-corrected chi connectivity index (χ2v) is 13.7. The van der Waals surface area contributed by atoms with Crippen LogP contribution in [0.15, 0.2) is 58.8 Å². The van der Waals surface area contributed by atoms with Crippen molar-refractivity contribution < 1.29 is 9.22 Å². The molecule has 2 aromatic rings. The van der Waals surface area contributed by atoms with Crippen molar-refractivity contribution in [2.45, 2.75) is 142 Å². The first kappa shape index (κ1) is 37.0. The Morgan fingerprint density at radius 1 is 0.488 bits per heavy atom. The van der Waals surface area contributed by atoms with Crippen LogP contribution < -0.4 is 4.74 Å². The average molecular weight is 593 g/mol. The molecule has 0 saturated carbocycles. The van der Waals surface area contributed by atoms with E-state index in [9.17, 15) is 0 Å². The molecule has 0 aliphatic carbocycles. The van der Waals surface area contributed by atoms with Crippen molar-refractivity contribution in [2.75, 3.05) is 34.3 Å². The molecular formula is C39H66N3O+. The van der Waals surface area contributed by atoms with Crippen molar-refractivity contribution >= 4 is 11.4 Å². The minimum atomic E-state index is 0.790. The largest absolute Gasteiger partial charge is 0.494 e. The molecule has 0 amide bonds. The lowest BCUT2D eigenvalue weighted by Crippen LogP contribution is -2.35. The quantitative estimate of drug-likeness (QED) is 0.0577. The predicted octanol–water partition coefficient (Wildman–Crippen LogP) is 12.6. The van der Waals surface area contributed by atoms with Gasteiger partial charge in [0.05, 0.1) is 45.7 Å². The zero-order chi connectivity index (χ0) is 30.9. The van der Waals surface area contributed by atoms with Crippen LogP contribution >= 0.6 is 0 Å². The summed E-state index contributed by atoms with van der Waals surface area (Å²) in [6, 6.07) is 16.6. The maximum Gasteiger partial charge on any atom is 0.119 e. The van der Waals surface area contributed by atoms with Gasteiger partial charge in [0.15, 0.2) is 0 Å². The van der Waals surface area contributed by atoms with Gasteiger partial charge in [0.1, 0.15) is 5.75 Å². The summed E-state index contributed by atoms with van der Waals surface area (Å²) >= 11 is 0. The third kappa shape index (κ3) is 21.2. The molecule has 0 radical (unpaired) electrons. The van der Waals surface area contributed by atoms with Crippen LogP contribution in [0, 0.1) is 0 Å². The van der Waals surface area contributed by atoms with Crippen LogP contribution in [0.3, 0.4) is 0 Å². The molecule has 0 aliphatic heterocycles. The van der Waals surface area contributed by atoms with E-state index in [4.69, 9.17) is 4.74 Å². The SMILES string of the molecule is CCCCCCCCCCCCc1ccc(N=Nc2ccc(OCCCCCCCCCCCC[N+](C)(C)C)cc2)cc1. The smallest absolute Gasteiger partial charge is 0.119 e. The van der Waals surface area contributed by atoms with Gasteiger partial charge in [-0.25, -0.2) is 0 Å². The van der Waals surface area contributed by atoms with Crippen LogP contribution in [0.1, 0.15) is 141 Å². The van der Waals surface area contributed by atoms with Gasteiger partial charge >= 0.3 is 0 Å². The molecule has 0 heterocycles. The van der Waals surface area contributed by atoms with E-state index in [0.717, 1.165) is 41.1 Å². The zero-order valence-corrected chi connectivity index (χ0v) is 28.6. The number of azo groups is 1. The van der Waals surface area contributed by atoms with Crippen molar-refractivity contribution in [3.63, 3.8) is 0 Å². The maximum atomic E-state index is 5.95. The van der Waals surface area contributed by atoms with E-state index in [1.54, 1.807) is 0 Å². The van der Waals surface area contributed by atoms with E-state index >= 15 is 0 Å².